The van der Waals surface area contributed by atoms with Crippen LogP contribution in [0.5, 0.6) is 0 Å². The first kappa shape index (κ1) is 7.96. The van der Waals surface area contributed by atoms with Crippen molar-refractivity contribution in [2.24, 2.45) is 0 Å². The zero-order valence-electron chi connectivity index (χ0n) is 5.31. The Balaban J connectivity index is 3.31. The molecule has 0 aliphatic carbocycles. The van der Waals surface area contributed by atoms with Gasteiger partial charge < -0.3 is 4.98 Å². The Morgan fingerprint density at radius 3 is 2.36 bits per heavy atom. The standard InChI is InChI=1S/C5H5NO4S/c7-5-2-1-4(3-6-5)11(8,9)10/h1-3H,(H,6,7)(H,8,9,10). The number of hydrogen-bond acceptors (Lipinski definition) is 3. The molecule has 0 bridgehead atoms. The average Bonchev–Trinajstić information content (AvgIpc) is 1.86. The highest BCUT2D eigenvalue weighted by atomic mass is 32.2. The lowest BCUT2D eigenvalue weighted by Gasteiger charge is -1.92. The molecule has 60 valence electrons. The van der Waals surface area contributed by atoms with Crippen LogP contribution in [0.25, 0.3) is 0 Å². The largest absolute Gasteiger partial charge is 0.328 e. The molecule has 11 heavy (non-hydrogen) atoms. The zero-order valence-corrected chi connectivity index (χ0v) is 6.13. The Labute approximate surface area is 62.4 Å². The van der Waals surface area contributed by atoms with Crippen LogP contribution in [0, 0.1) is 0 Å². The highest BCUT2D eigenvalue weighted by Crippen LogP contribution is 2.01. The second-order valence-electron chi connectivity index (χ2n) is 1.86. The molecule has 0 amide bonds. The van der Waals surface area contributed by atoms with E-state index >= 15 is 0 Å². The monoisotopic (exact) mass is 175 g/mol. The van der Waals surface area contributed by atoms with Gasteiger partial charge in [0.15, 0.2) is 0 Å². The molecule has 0 aliphatic rings. The summed E-state index contributed by atoms with van der Waals surface area (Å²) in [6.07, 6.45) is 0.928. The van der Waals surface area contributed by atoms with Crippen molar-refractivity contribution in [2.75, 3.05) is 0 Å². The van der Waals surface area contributed by atoms with E-state index < -0.39 is 15.7 Å². The van der Waals surface area contributed by atoms with E-state index in [1.807, 2.05) is 0 Å². The molecule has 6 heteroatoms. The van der Waals surface area contributed by atoms with Crippen molar-refractivity contribution >= 4 is 10.1 Å². The van der Waals surface area contributed by atoms with Crippen LogP contribution in [-0.4, -0.2) is 18.0 Å². The summed E-state index contributed by atoms with van der Waals surface area (Å²) >= 11 is 0. The van der Waals surface area contributed by atoms with Crippen molar-refractivity contribution in [2.45, 2.75) is 4.90 Å². The number of H-pyrrole nitrogens is 1. The maximum absolute atomic E-state index is 10.4. The summed E-state index contributed by atoms with van der Waals surface area (Å²) in [6, 6.07) is 2.04. The van der Waals surface area contributed by atoms with E-state index in [0.717, 1.165) is 18.3 Å². The van der Waals surface area contributed by atoms with Gasteiger partial charge in [0.05, 0.1) is 0 Å². The molecule has 0 unspecified atom stereocenters. The molecule has 1 heterocycles. The molecule has 0 aliphatic heterocycles. The maximum Gasteiger partial charge on any atom is 0.295 e. The molecule has 2 N–H and O–H groups in total. The first-order chi connectivity index (χ1) is 5.00. The predicted octanol–water partition coefficient (Wildman–Crippen LogP) is -0.378. The van der Waals surface area contributed by atoms with Gasteiger partial charge in [-0.25, -0.2) is 0 Å². The summed E-state index contributed by atoms with van der Waals surface area (Å²) in [6.45, 7) is 0. The normalized spacial score (nSPS) is 11.4. The molecule has 0 spiro atoms. The fourth-order valence-corrected chi connectivity index (χ4v) is 1.00. The number of rotatable bonds is 1. The Bertz CT molecular complexity index is 384. The fourth-order valence-electron chi connectivity index (χ4n) is 0.557. The van der Waals surface area contributed by atoms with Crippen LogP contribution < -0.4 is 5.56 Å². The Hall–Kier alpha value is -1.14. The molecule has 5 nitrogen and oxygen atoms in total. The quantitative estimate of drug-likeness (QED) is 0.569. The highest BCUT2D eigenvalue weighted by Gasteiger charge is 2.07. The Kier molecular flexibility index (Phi) is 1.79. The molecule has 0 aromatic carbocycles. The SMILES string of the molecule is O=c1ccc(S(=O)(=O)O)c[nH]1. The maximum atomic E-state index is 10.4. The Morgan fingerprint density at radius 1 is 1.36 bits per heavy atom. The van der Waals surface area contributed by atoms with Gasteiger partial charge in [0.25, 0.3) is 10.1 Å². The highest BCUT2D eigenvalue weighted by molar-refractivity contribution is 7.85. The lowest BCUT2D eigenvalue weighted by Crippen LogP contribution is -2.06. The van der Waals surface area contributed by atoms with E-state index in [1.54, 1.807) is 0 Å². The van der Waals surface area contributed by atoms with Gasteiger partial charge in [0.2, 0.25) is 5.56 Å². The lowest BCUT2D eigenvalue weighted by molar-refractivity contribution is 0.482. The minimum atomic E-state index is -4.19. The predicted molar refractivity (Wildman–Crippen MR) is 36.9 cm³/mol. The second kappa shape index (κ2) is 2.48. The summed E-state index contributed by atoms with van der Waals surface area (Å²) in [4.78, 5) is 12.2. The summed E-state index contributed by atoms with van der Waals surface area (Å²) in [5.74, 6) is 0. The Morgan fingerprint density at radius 2 is 2.00 bits per heavy atom. The minimum absolute atomic E-state index is 0.322. The number of aromatic amines is 1. The molecule has 0 atom stereocenters. The minimum Gasteiger partial charge on any atom is -0.328 e. The van der Waals surface area contributed by atoms with Crippen LogP contribution in [0.4, 0.5) is 0 Å². The second-order valence-corrected chi connectivity index (χ2v) is 3.29. The first-order valence-corrected chi connectivity index (χ1v) is 4.10. The van der Waals surface area contributed by atoms with Gasteiger partial charge in [-0.3, -0.25) is 9.35 Å². The number of hydrogen-bond donors (Lipinski definition) is 2. The summed E-state index contributed by atoms with van der Waals surface area (Å²) in [5, 5.41) is 0. The van der Waals surface area contributed by atoms with Crippen molar-refractivity contribution in [1.82, 2.24) is 4.98 Å². The molecule has 0 saturated carbocycles. The molecule has 1 rings (SSSR count). The third-order valence-electron chi connectivity index (χ3n) is 1.05. The van der Waals surface area contributed by atoms with Crippen LogP contribution in [-0.2, 0) is 10.1 Å². The zero-order chi connectivity index (χ0) is 8.48. The third kappa shape index (κ3) is 1.89. The van der Waals surface area contributed by atoms with Gasteiger partial charge in [-0.15, -0.1) is 0 Å². The van der Waals surface area contributed by atoms with Crippen molar-refractivity contribution in [3.63, 3.8) is 0 Å². The van der Waals surface area contributed by atoms with Crippen LogP contribution in [0.1, 0.15) is 0 Å². The van der Waals surface area contributed by atoms with E-state index in [4.69, 9.17) is 4.55 Å². The van der Waals surface area contributed by atoms with E-state index in [1.165, 1.54) is 0 Å². The summed E-state index contributed by atoms with van der Waals surface area (Å²) in [7, 11) is -4.19. The molecular weight excluding hydrogens is 170 g/mol. The van der Waals surface area contributed by atoms with Crippen LogP contribution >= 0.6 is 0 Å². The number of pyridine rings is 1. The van der Waals surface area contributed by atoms with Crippen LogP contribution in [0.2, 0.25) is 0 Å². The molecule has 0 radical (unpaired) electrons. The van der Waals surface area contributed by atoms with Crippen molar-refractivity contribution < 1.29 is 13.0 Å². The van der Waals surface area contributed by atoms with Gasteiger partial charge in [-0.05, 0) is 6.07 Å². The number of nitrogens with one attached hydrogen (secondary N) is 1. The van der Waals surface area contributed by atoms with Gasteiger partial charge in [0.1, 0.15) is 4.90 Å². The molecule has 1 aromatic heterocycles. The number of aromatic nitrogens is 1. The van der Waals surface area contributed by atoms with Gasteiger partial charge >= 0.3 is 0 Å². The van der Waals surface area contributed by atoms with Gasteiger partial charge in [0, 0.05) is 12.3 Å². The molecule has 0 saturated heterocycles. The molecular formula is C5H5NO4S. The van der Waals surface area contributed by atoms with E-state index in [9.17, 15) is 13.2 Å². The van der Waals surface area contributed by atoms with Crippen LogP contribution in [0.15, 0.2) is 28.0 Å². The molecule has 0 fully saturated rings. The summed E-state index contributed by atoms with van der Waals surface area (Å²) < 4.78 is 29.2. The van der Waals surface area contributed by atoms with Crippen molar-refractivity contribution in [1.29, 1.82) is 0 Å². The van der Waals surface area contributed by atoms with Gasteiger partial charge in [-0.1, -0.05) is 0 Å². The van der Waals surface area contributed by atoms with Gasteiger partial charge in [-0.2, -0.15) is 8.42 Å². The average molecular weight is 175 g/mol. The molecule has 1 aromatic rings. The van der Waals surface area contributed by atoms with Crippen molar-refractivity contribution in [3.05, 3.63) is 28.7 Å². The first-order valence-electron chi connectivity index (χ1n) is 2.66. The van der Waals surface area contributed by atoms with E-state index in [0.29, 0.717) is 0 Å². The van der Waals surface area contributed by atoms with E-state index in [-0.39, 0.29) is 4.90 Å². The fraction of sp³-hybridized carbons (Fsp3) is 0. The summed E-state index contributed by atoms with van der Waals surface area (Å²) in [5.41, 5.74) is -0.419. The third-order valence-corrected chi connectivity index (χ3v) is 1.90. The topological polar surface area (TPSA) is 87.2 Å². The van der Waals surface area contributed by atoms with E-state index in [2.05, 4.69) is 4.98 Å². The van der Waals surface area contributed by atoms with Crippen LogP contribution in [0.3, 0.4) is 0 Å². The van der Waals surface area contributed by atoms with Crippen molar-refractivity contribution in [3.8, 4) is 0 Å². The smallest absolute Gasteiger partial charge is 0.295 e. The lowest BCUT2D eigenvalue weighted by atomic mass is 10.5.